The standard InChI is InChI=1S/C16H27NOS/c1-14-10-15(2)12-16(11-14)13-19-9-5-4-6-17-7-8-18-3/h10-12,17H,4-9,13H2,1-3H3. The van der Waals surface area contributed by atoms with E-state index >= 15 is 0 Å². The van der Waals surface area contributed by atoms with Crippen LogP contribution >= 0.6 is 11.8 Å². The summed E-state index contributed by atoms with van der Waals surface area (Å²) in [5.41, 5.74) is 4.21. The average Bonchev–Trinajstić information content (AvgIpc) is 2.36. The van der Waals surface area contributed by atoms with Crippen LogP contribution in [0.2, 0.25) is 0 Å². The van der Waals surface area contributed by atoms with Crippen molar-refractivity contribution in [3.63, 3.8) is 0 Å². The fourth-order valence-corrected chi connectivity index (χ4v) is 3.05. The lowest BCUT2D eigenvalue weighted by molar-refractivity contribution is 0.199. The van der Waals surface area contributed by atoms with Crippen LogP contribution in [-0.2, 0) is 10.5 Å². The predicted octanol–water partition coefficient (Wildman–Crippen LogP) is 3.55. The number of unbranched alkanes of at least 4 members (excludes halogenated alkanes) is 1. The molecule has 0 aliphatic rings. The van der Waals surface area contributed by atoms with Crippen LogP contribution in [0, 0.1) is 13.8 Å². The summed E-state index contributed by atoms with van der Waals surface area (Å²) in [5, 5.41) is 3.38. The lowest BCUT2D eigenvalue weighted by Gasteiger charge is -2.06. The molecule has 108 valence electrons. The molecule has 1 rings (SSSR count). The highest BCUT2D eigenvalue weighted by molar-refractivity contribution is 7.98. The first-order valence-electron chi connectivity index (χ1n) is 7.07. The molecule has 0 amide bonds. The normalized spacial score (nSPS) is 10.9. The Kier molecular flexibility index (Phi) is 8.97. The zero-order chi connectivity index (χ0) is 13.9. The Morgan fingerprint density at radius 3 is 2.47 bits per heavy atom. The van der Waals surface area contributed by atoms with Gasteiger partial charge in [0, 0.05) is 19.4 Å². The maximum atomic E-state index is 4.99. The van der Waals surface area contributed by atoms with Crippen molar-refractivity contribution in [2.45, 2.75) is 32.4 Å². The molecule has 3 heteroatoms. The van der Waals surface area contributed by atoms with Crippen LogP contribution in [0.5, 0.6) is 0 Å². The molecule has 0 heterocycles. The Morgan fingerprint density at radius 2 is 1.79 bits per heavy atom. The molecule has 0 saturated carbocycles. The zero-order valence-electron chi connectivity index (χ0n) is 12.5. The van der Waals surface area contributed by atoms with Crippen LogP contribution in [0.25, 0.3) is 0 Å². The third kappa shape index (κ3) is 8.30. The zero-order valence-corrected chi connectivity index (χ0v) is 13.3. The van der Waals surface area contributed by atoms with E-state index in [0.717, 1.165) is 25.4 Å². The summed E-state index contributed by atoms with van der Waals surface area (Å²) in [7, 11) is 1.74. The van der Waals surface area contributed by atoms with Crippen LogP contribution in [0.15, 0.2) is 18.2 Å². The van der Waals surface area contributed by atoms with Crippen molar-refractivity contribution in [2.75, 3.05) is 32.6 Å². The molecule has 0 bridgehead atoms. The summed E-state index contributed by atoms with van der Waals surface area (Å²) in [4.78, 5) is 0. The van der Waals surface area contributed by atoms with Crippen molar-refractivity contribution in [3.8, 4) is 0 Å². The molecule has 0 aromatic heterocycles. The molecule has 0 fully saturated rings. The maximum absolute atomic E-state index is 4.99. The molecule has 0 spiro atoms. The molecule has 0 aliphatic heterocycles. The lowest BCUT2D eigenvalue weighted by Crippen LogP contribution is -2.20. The smallest absolute Gasteiger partial charge is 0.0587 e. The van der Waals surface area contributed by atoms with Crippen LogP contribution in [0.4, 0.5) is 0 Å². The maximum Gasteiger partial charge on any atom is 0.0587 e. The van der Waals surface area contributed by atoms with E-state index in [2.05, 4.69) is 37.4 Å². The van der Waals surface area contributed by atoms with Gasteiger partial charge in [-0.15, -0.1) is 0 Å². The van der Waals surface area contributed by atoms with Crippen molar-refractivity contribution in [3.05, 3.63) is 34.9 Å². The lowest BCUT2D eigenvalue weighted by atomic mass is 10.1. The summed E-state index contributed by atoms with van der Waals surface area (Å²) in [6.45, 7) is 7.22. The van der Waals surface area contributed by atoms with Crippen molar-refractivity contribution in [1.29, 1.82) is 0 Å². The number of hydrogen-bond donors (Lipinski definition) is 1. The van der Waals surface area contributed by atoms with Gasteiger partial charge in [-0.3, -0.25) is 0 Å². The molecular formula is C16H27NOS. The van der Waals surface area contributed by atoms with E-state index in [1.54, 1.807) is 7.11 Å². The Balaban J connectivity index is 2.01. The molecule has 0 unspecified atom stereocenters. The number of benzene rings is 1. The largest absolute Gasteiger partial charge is 0.383 e. The summed E-state index contributed by atoms with van der Waals surface area (Å²) in [5.74, 6) is 2.39. The number of thioether (sulfide) groups is 1. The molecule has 0 atom stereocenters. The van der Waals surface area contributed by atoms with Gasteiger partial charge >= 0.3 is 0 Å². The highest BCUT2D eigenvalue weighted by Gasteiger charge is 1.97. The first-order valence-corrected chi connectivity index (χ1v) is 8.22. The summed E-state index contributed by atoms with van der Waals surface area (Å²) >= 11 is 2.04. The molecule has 1 aromatic rings. The van der Waals surface area contributed by atoms with E-state index in [-0.39, 0.29) is 0 Å². The first kappa shape index (κ1) is 16.5. The molecular weight excluding hydrogens is 254 g/mol. The van der Waals surface area contributed by atoms with Gasteiger partial charge in [0.05, 0.1) is 6.61 Å². The number of hydrogen-bond acceptors (Lipinski definition) is 3. The summed E-state index contributed by atoms with van der Waals surface area (Å²) in [6, 6.07) is 6.83. The number of aryl methyl sites for hydroxylation is 2. The first-order chi connectivity index (χ1) is 9.22. The average molecular weight is 281 g/mol. The third-order valence-electron chi connectivity index (χ3n) is 2.93. The molecule has 0 saturated heterocycles. The summed E-state index contributed by atoms with van der Waals surface area (Å²) in [6.07, 6.45) is 2.54. The highest BCUT2D eigenvalue weighted by Crippen LogP contribution is 2.16. The van der Waals surface area contributed by atoms with E-state index < -0.39 is 0 Å². The third-order valence-corrected chi connectivity index (χ3v) is 4.04. The Morgan fingerprint density at radius 1 is 1.05 bits per heavy atom. The second-order valence-electron chi connectivity index (χ2n) is 5.00. The molecule has 0 aliphatic carbocycles. The van der Waals surface area contributed by atoms with Gasteiger partial charge < -0.3 is 10.1 Å². The number of nitrogens with one attached hydrogen (secondary N) is 1. The van der Waals surface area contributed by atoms with E-state index in [4.69, 9.17) is 4.74 Å². The highest BCUT2D eigenvalue weighted by atomic mass is 32.2. The van der Waals surface area contributed by atoms with Gasteiger partial charge in [0.15, 0.2) is 0 Å². The molecule has 19 heavy (non-hydrogen) atoms. The minimum Gasteiger partial charge on any atom is -0.383 e. The van der Waals surface area contributed by atoms with Gasteiger partial charge in [0.25, 0.3) is 0 Å². The van der Waals surface area contributed by atoms with Crippen LogP contribution < -0.4 is 5.32 Å². The fourth-order valence-electron chi connectivity index (χ4n) is 2.10. The van der Waals surface area contributed by atoms with E-state index in [1.165, 1.54) is 35.3 Å². The number of rotatable bonds is 10. The second-order valence-corrected chi connectivity index (χ2v) is 6.10. The van der Waals surface area contributed by atoms with Gasteiger partial charge in [0.2, 0.25) is 0 Å². The van der Waals surface area contributed by atoms with Crippen molar-refractivity contribution < 1.29 is 4.74 Å². The minimum absolute atomic E-state index is 0.807. The Bertz CT molecular complexity index is 334. The van der Waals surface area contributed by atoms with Crippen LogP contribution in [0.3, 0.4) is 0 Å². The fraction of sp³-hybridized carbons (Fsp3) is 0.625. The van der Waals surface area contributed by atoms with E-state index in [0.29, 0.717) is 0 Å². The molecule has 1 aromatic carbocycles. The topological polar surface area (TPSA) is 21.3 Å². The second kappa shape index (κ2) is 10.3. The van der Waals surface area contributed by atoms with Crippen LogP contribution in [-0.4, -0.2) is 32.6 Å². The van der Waals surface area contributed by atoms with Crippen molar-refractivity contribution in [2.24, 2.45) is 0 Å². The minimum atomic E-state index is 0.807. The molecule has 1 N–H and O–H groups in total. The van der Waals surface area contributed by atoms with Crippen molar-refractivity contribution in [1.82, 2.24) is 5.32 Å². The SMILES string of the molecule is COCCNCCCCSCc1cc(C)cc(C)c1. The van der Waals surface area contributed by atoms with E-state index in [1.807, 2.05) is 11.8 Å². The van der Waals surface area contributed by atoms with Gasteiger partial charge in [-0.2, -0.15) is 11.8 Å². The van der Waals surface area contributed by atoms with E-state index in [9.17, 15) is 0 Å². The van der Waals surface area contributed by atoms with Gasteiger partial charge in [0.1, 0.15) is 0 Å². The Hall–Kier alpha value is -0.510. The Labute approximate surface area is 122 Å². The predicted molar refractivity (Wildman–Crippen MR) is 86.1 cm³/mol. The molecule has 2 nitrogen and oxygen atoms in total. The van der Waals surface area contributed by atoms with Gasteiger partial charge in [-0.1, -0.05) is 29.3 Å². The monoisotopic (exact) mass is 281 g/mol. The van der Waals surface area contributed by atoms with Crippen molar-refractivity contribution >= 4 is 11.8 Å². The number of ether oxygens (including phenoxy) is 1. The van der Waals surface area contributed by atoms with Crippen LogP contribution in [0.1, 0.15) is 29.5 Å². The van der Waals surface area contributed by atoms with Gasteiger partial charge in [-0.05, 0) is 44.6 Å². The molecule has 0 radical (unpaired) electrons. The van der Waals surface area contributed by atoms with Gasteiger partial charge in [-0.25, -0.2) is 0 Å². The number of methoxy groups -OCH3 is 1. The quantitative estimate of drug-likeness (QED) is 0.663. The summed E-state index contributed by atoms with van der Waals surface area (Å²) < 4.78 is 4.99.